The molecule has 5 heteroatoms. The lowest BCUT2D eigenvalue weighted by Gasteiger charge is -2.08. The Morgan fingerprint density at radius 2 is 2.14 bits per heavy atom. The first-order chi connectivity index (χ1) is 10.8. The molecule has 0 aliphatic heterocycles. The number of ether oxygens (including phenoxy) is 1. The maximum atomic E-state index is 9.22. The minimum Gasteiger partial charge on any atom is -0.484 e. The summed E-state index contributed by atoms with van der Waals surface area (Å²) in [5, 5.41) is 9.22. The number of rotatable bonds is 6. The van der Waals surface area contributed by atoms with Crippen molar-refractivity contribution >= 4 is 11.7 Å². The lowest BCUT2D eigenvalue weighted by atomic mass is 10.2. The van der Waals surface area contributed by atoms with Gasteiger partial charge in [0.1, 0.15) is 6.07 Å². The van der Waals surface area contributed by atoms with E-state index in [0.29, 0.717) is 24.0 Å². The molecule has 0 aliphatic rings. The van der Waals surface area contributed by atoms with Crippen LogP contribution >= 0.6 is 0 Å². The largest absolute Gasteiger partial charge is 0.484 e. The normalized spacial score (nSPS) is 11.2. The van der Waals surface area contributed by atoms with Gasteiger partial charge in [0.05, 0.1) is 20.0 Å². The second-order valence-electron chi connectivity index (χ2n) is 4.96. The van der Waals surface area contributed by atoms with E-state index in [1.54, 1.807) is 13.4 Å². The number of nitrogens with zero attached hydrogens (tertiary/aromatic N) is 4. The number of benzene rings is 1. The number of hydrogen-bond acceptors (Lipinski definition) is 4. The zero-order valence-corrected chi connectivity index (χ0v) is 13.0. The van der Waals surface area contributed by atoms with Crippen molar-refractivity contribution in [3.8, 4) is 6.07 Å². The number of nitriles is 1. The Hall–Kier alpha value is -2.61. The highest BCUT2D eigenvalue weighted by molar-refractivity contribution is 5.79. The van der Waals surface area contributed by atoms with Gasteiger partial charge in [0.25, 0.3) is 0 Å². The molecule has 0 unspecified atom stereocenters. The fourth-order valence-electron chi connectivity index (χ4n) is 2.12. The molecule has 2 rings (SSSR count). The summed E-state index contributed by atoms with van der Waals surface area (Å²) in [6.45, 7) is 2.74. The van der Waals surface area contributed by atoms with Gasteiger partial charge in [0.15, 0.2) is 17.4 Å². The van der Waals surface area contributed by atoms with E-state index in [4.69, 9.17) is 4.74 Å². The first-order valence-corrected chi connectivity index (χ1v) is 7.39. The quantitative estimate of drug-likeness (QED) is 0.603. The molecule has 2 aromatic rings. The van der Waals surface area contributed by atoms with Crippen molar-refractivity contribution in [3.05, 3.63) is 47.9 Å². The molecule has 1 aromatic carbocycles. The Kier molecular flexibility index (Phi) is 5.73. The highest BCUT2D eigenvalue weighted by atomic mass is 16.5. The second kappa shape index (κ2) is 7.99. The molecule has 0 fully saturated rings. The molecule has 5 nitrogen and oxygen atoms in total. The van der Waals surface area contributed by atoms with Crippen LogP contribution in [0.15, 0.2) is 41.7 Å². The summed E-state index contributed by atoms with van der Waals surface area (Å²) in [6, 6.07) is 12.1. The second-order valence-corrected chi connectivity index (χ2v) is 4.96. The van der Waals surface area contributed by atoms with Gasteiger partial charge in [-0.2, -0.15) is 10.3 Å². The van der Waals surface area contributed by atoms with Gasteiger partial charge >= 0.3 is 0 Å². The van der Waals surface area contributed by atoms with Crippen molar-refractivity contribution in [3.63, 3.8) is 0 Å². The molecular weight excluding hydrogens is 276 g/mol. The predicted molar refractivity (Wildman–Crippen MR) is 86.1 cm³/mol. The average molecular weight is 296 g/mol. The summed E-state index contributed by atoms with van der Waals surface area (Å²) in [5.41, 5.74) is 1.45. The van der Waals surface area contributed by atoms with Crippen LogP contribution in [0.3, 0.4) is 0 Å². The summed E-state index contributed by atoms with van der Waals surface area (Å²) in [6.07, 6.45) is 4.48. The van der Waals surface area contributed by atoms with Crippen LogP contribution in [0.25, 0.3) is 0 Å². The van der Waals surface area contributed by atoms with Crippen LogP contribution in [-0.2, 0) is 11.3 Å². The molecule has 22 heavy (non-hydrogen) atoms. The molecule has 114 valence electrons. The number of hydrogen-bond donors (Lipinski definition) is 0. The third kappa shape index (κ3) is 3.95. The van der Waals surface area contributed by atoms with Crippen molar-refractivity contribution < 1.29 is 4.74 Å². The van der Waals surface area contributed by atoms with E-state index in [0.717, 1.165) is 24.8 Å². The summed E-state index contributed by atoms with van der Waals surface area (Å²) < 4.78 is 7.20. The summed E-state index contributed by atoms with van der Waals surface area (Å²) >= 11 is 0. The number of unbranched alkanes of at least 4 members (excludes halogenated alkanes) is 1. The van der Waals surface area contributed by atoms with E-state index < -0.39 is 0 Å². The lowest BCUT2D eigenvalue weighted by Crippen LogP contribution is -2.03. The molecule has 1 heterocycles. The van der Waals surface area contributed by atoms with Crippen LogP contribution in [-0.4, -0.2) is 22.6 Å². The maximum Gasteiger partial charge on any atom is 0.189 e. The van der Waals surface area contributed by atoms with Crippen molar-refractivity contribution in [1.29, 1.82) is 5.26 Å². The van der Waals surface area contributed by atoms with Crippen LogP contribution < -0.4 is 0 Å². The van der Waals surface area contributed by atoms with Crippen LogP contribution in [0, 0.1) is 11.3 Å². The van der Waals surface area contributed by atoms with Crippen LogP contribution in [0.4, 0.5) is 5.82 Å². The van der Waals surface area contributed by atoms with Crippen molar-refractivity contribution in [2.45, 2.75) is 32.7 Å². The number of aromatic nitrogens is 2. The van der Waals surface area contributed by atoms with E-state index in [9.17, 15) is 5.26 Å². The number of aliphatic imine (C=N–C) groups is 1. The molecule has 1 aromatic heterocycles. The third-order valence-corrected chi connectivity index (χ3v) is 3.32. The van der Waals surface area contributed by atoms with Crippen LogP contribution in [0.2, 0.25) is 0 Å². The lowest BCUT2D eigenvalue weighted by molar-refractivity contribution is 0.388. The SMILES string of the molecule is CCCCC(=Nc1c(C#N)ncn1Cc1ccccc1)OC. The molecule has 0 spiro atoms. The smallest absolute Gasteiger partial charge is 0.189 e. The minimum atomic E-state index is 0.321. The summed E-state index contributed by atoms with van der Waals surface area (Å²) in [7, 11) is 1.61. The maximum absolute atomic E-state index is 9.22. The fourth-order valence-corrected chi connectivity index (χ4v) is 2.12. The molecule has 0 aliphatic carbocycles. The Balaban J connectivity index is 2.31. The van der Waals surface area contributed by atoms with E-state index >= 15 is 0 Å². The average Bonchev–Trinajstić information content (AvgIpc) is 2.94. The molecule has 0 N–H and O–H groups in total. The van der Waals surface area contributed by atoms with Crippen LogP contribution in [0.1, 0.15) is 37.4 Å². The highest BCUT2D eigenvalue weighted by Gasteiger charge is 2.12. The standard InChI is InChI=1S/C17H20N4O/c1-3-4-10-16(22-2)20-17-15(11-18)19-13-21(17)12-14-8-6-5-7-9-14/h5-9,13H,3-4,10,12H2,1-2H3. The van der Waals surface area contributed by atoms with E-state index in [1.807, 2.05) is 34.9 Å². The Bertz CT molecular complexity index is 668. The number of methoxy groups -OCH3 is 1. The predicted octanol–water partition coefficient (Wildman–Crippen LogP) is 3.67. The van der Waals surface area contributed by atoms with Gasteiger partial charge in [0, 0.05) is 6.42 Å². The van der Waals surface area contributed by atoms with Gasteiger partial charge in [-0.3, -0.25) is 0 Å². The monoisotopic (exact) mass is 296 g/mol. The Morgan fingerprint density at radius 1 is 1.36 bits per heavy atom. The van der Waals surface area contributed by atoms with Crippen molar-refractivity contribution in [1.82, 2.24) is 9.55 Å². The molecule has 0 atom stereocenters. The van der Waals surface area contributed by atoms with Gasteiger partial charge in [-0.25, -0.2) is 4.98 Å². The first kappa shape index (κ1) is 15.8. The first-order valence-electron chi connectivity index (χ1n) is 7.39. The van der Waals surface area contributed by atoms with E-state index in [1.165, 1.54) is 0 Å². The topological polar surface area (TPSA) is 63.2 Å². The third-order valence-electron chi connectivity index (χ3n) is 3.32. The number of imidazole rings is 1. The van der Waals surface area contributed by atoms with E-state index in [-0.39, 0.29) is 0 Å². The van der Waals surface area contributed by atoms with Crippen molar-refractivity contribution in [2.24, 2.45) is 4.99 Å². The Morgan fingerprint density at radius 3 is 2.77 bits per heavy atom. The molecule has 0 radical (unpaired) electrons. The zero-order chi connectivity index (χ0) is 15.8. The molecule has 0 amide bonds. The molecule has 0 saturated heterocycles. The van der Waals surface area contributed by atoms with Crippen LogP contribution in [0.5, 0.6) is 0 Å². The van der Waals surface area contributed by atoms with Gasteiger partial charge in [0.2, 0.25) is 0 Å². The van der Waals surface area contributed by atoms with Gasteiger partial charge in [-0.15, -0.1) is 0 Å². The zero-order valence-electron chi connectivity index (χ0n) is 13.0. The summed E-state index contributed by atoms with van der Waals surface area (Å²) in [5.74, 6) is 1.19. The van der Waals surface area contributed by atoms with Gasteiger partial charge in [-0.05, 0) is 12.0 Å². The minimum absolute atomic E-state index is 0.321. The molecule has 0 bridgehead atoms. The van der Waals surface area contributed by atoms with E-state index in [2.05, 4.69) is 23.0 Å². The fraction of sp³-hybridized carbons (Fsp3) is 0.353. The van der Waals surface area contributed by atoms with Gasteiger partial charge in [-0.1, -0.05) is 43.7 Å². The Labute approximate surface area is 130 Å². The highest BCUT2D eigenvalue weighted by Crippen LogP contribution is 2.20. The summed E-state index contributed by atoms with van der Waals surface area (Å²) in [4.78, 5) is 8.65. The van der Waals surface area contributed by atoms with Crippen molar-refractivity contribution in [2.75, 3.05) is 7.11 Å². The van der Waals surface area contributed by atoms with Gasteiger partial charge < -0.3 is 9.30 Å². The molecular formula is C17H20N4O. The molecule has 0 saturated carbocycles.